The highest BCUT2D eigenvalue weighted by atomic mass is 15.3. The summed E-state index contributed by atoms with van der Waals surface area (Å²) < 4.78 is 0. The molecule has 1 saturated heterocycles. The zero-order valence-corrected chi connectivity index (χ0v) is 17.4. The molecule has 0 radical (unpaired) electrons. The number of benzene rings is 2. The van der Waals surface area contributed by atoms with Crippen molar-refractivity contribution in [3.05, 3.63) is 66.0 Å². The Kier molecular flexibility index (Phi) is 5.07. The van der Waals surface area contributed by atoms with E-state index in [1.54, 1.807) is 6.33 Å². The number of para-hydroxylation sites is 1. The molecule has 1 aromatic heterocycles. The van der Waals surface area contributed by atoms with Gasteiger partial charge in [0.05, 0.1) is 5.52 Å². The number of anilines is 1. The van der Waals surface area contributed by atoms with E-state index in [9.17, 15) is 0 Å². The fraction of sp³-hybridized carbons (Fsp3) is 0.417. The largest absolute Gasteiger partial charge is 0.353 e. The molecule has 0 N–H and O–H groups in total. The number of piperazine rings is 1. The number of hydrogen-bond acceptors (Lipinski definition) is 4. The Morgan fingerprint density at radius 3 is 2.43 bits per heavy atom. The summed E-state index contributed by atoms with van der Waals surface area (Å²) in [7, 11) is 0. The van der Waals surface area contributed by atoms with Crippen LogP contribution in [0.15, 0.2) is 54.9 Å². The summed E-state index contributed by atoms with van der Waals surface area (Å²) in [5, 5.41) is 1.14. The Labute approximate surface area is 168 Å². The first-order valence-electron chi connectivity index (χ1n) is 10.2. The van der Waals surface area contributed by atoms with E-state index in [-0.39, 0.29) is 5.41 Å². The molecule has 1 fully saturated rings. The van der Waals surface area contributed by atoms with E-state index in [4.69, 9.17) is 0 Å². The first kappa shape index (κ1) is 18.9. The molecule has 3 aromatic rings. The van der Waals surface area contributed by atoms with Crippen LogP contribution in [0.1, 0.15) is 38.8 Å². The molecule has 4 heteroatoms. The first-order valence-corrected chi connectivity index (χ1v) is 10.2. The van der Waals surface area contributed by atoms with Crippen molar-refractivity contribution in [1.82, 2.24) is 14.9 Å². The molecule has 0 bridgehead atoms. The van der Waals surface area contributed by atoms with Crippen LogP contribution in [0.4, 0.5) is 5.82 Å². The van der Waals surface area contributed by atoms with Crippen LogP contribution in [0.5, 0.6) is 0 Å². The van der Waals surface area contributed by atoms with E-state index in [0.29, 0.717) is 6.04 Å². The van der Waals surface area contributed by atoms with Crippen molar-refractivity contribution in [1.29, 1.82) is 0 Å². The van der Waals surface area contributed by atoms with Crippen LogP contribution in [0, 0.1) is 0 Å². The molecule has 1 aliphatic heterocycles. The minimum atomic E-state index is 0.206. The molecule has 2 heterocycles. The number of hydrogen-bond donors (Lipinski definition) is 0. The normalized spacial score (nSPS) is 18.6. The molecule has 2 aromatic carbocycles. The van der Waals surface area contributed by atoms with Crippen LogP contribution in [-0.4, -0.2) is 40.5 Å². The minimum absolute atomic E-state index is 0.206. The van der Waals surface area contributed by atoms with Gasteiger partial charge in [-0.2, -0.15) is 0 Å². The van der Waals surface area contributed by atoms with E-state index in [0.717, 1.165) is 42.9 Å². The van der Waals surface area contributed by atoms with Gasteiger partial charge in [0, 0.05) is 37.6 Å². The number of rotatable bonds is 3. The lowest BCUT2D eigenvalue weighted by Crippen LogP contribution is -2.51. The van der Waals surface area contributed by atoms with Gasteiger partial charge < -0.3 is 4.90 Å². The van der Waals surface area contributed by atoms with Gasteiger partial charge in [-0.25, -0.2) is 9.97 Å². The van der Waals surface area contributed by atoms with Gasteiger partial charge in [0.25, 0.3) is 0 Å². The van der Waals surface area contributed by atoms with Crippen molar-refractivity contribution in [2.75, 3.05) is 24.5 Å². The van der Waals surface area contributed by atoms with Gasteiger partial charge in [-0.05, 0) is 35.6 Å². The maximum absolute atomic E-state index is 4.60. The summed E-state index contributed by atoms with van der Waals surface area (Å²) in [4.78, 5) is 14.0. The van der Waals surface area contributed by atoms with Gasteiger partial charge in [-0.1, -0.05) is 57.2 Å². The highest BCUT2D eigenvalue weighted by molar-refractivity contribution is 5.89. The van der Waals surface area contributed by atoms with Crippen molar-refractivity contribution in [3.63, 3.8) is 0 Å². The van der Waals surface area contributed by atoms with Crippen molar-refractivity contribution in [2.45, 2.75) is 45.7 Å². The molecule has 28 heavy (non-hydrogen) atoms. The van der Waals surface area contributed by atoms with E-state index in [1.165, 1.54) is 11.1 Å². The summed E-state index contributed by atoms with van der Waals surface area (Å²) >= 11 is 0. The van der Waals surface area contributed by atoms with Gasteiger partial charge in [0.1, 0.15) is 12.1 Å². The molecule has 0 saturated carbocycles. The Morgan fingerprint density at radius 2 is 1.71 bits per heavy atom. The quantitative estimate of drug-likeness (QED) is 0.669. The smallest absolute Gasteiger partial charge is 0.139 e. The lowest BCUT2D eigenvalue weighted by molar-refractivity contribution is 0.180. The van der Waals surface area contributed by atoms with Crippen molar-refractivity contribution in [3.8, 4) is 0 Å². The van der Waals surface area contributed by atoms with Crippen LogP contribution in [0.25, 0.3) is 10.9 Å². The summed E-state index contributed by atoms with van der Waals surface area (Å²) in [6.07, 6.45) is 1.69. The van der Waals surface area contributed by atoms with E-state index >= 15 is 0 Å². The molecule has 1 atom stereocenters. The predicted octanol–water partition coefficient (Wildman–Crippen LogP) is 4.64. The third-order valence-corrected chi connectivity index (χ3v) is 5.79. The number of fused-ring (bicyclic) bond motifs is 1. The van der Waals surface area contributed by atoms with E-state index < -0.39 is 0 Å². The lowest BCUT2D eigenvalue weighted by atomic mass is 9.86. The molecule has 0 aliphatic carbocycles. The van der Waals surface area contributed by atoms with E-state index in [2.05, 4.69) is 89.9 Å². The Hall–Kier alpha value is -2.46. The second kappa shape index (κ2) is 7.51. The van der Waals surface area contributed by atoms with Crippen molar-refractivity contribution < 1.29 is 0 Å². The third-order valence-electron chi connectivity index (χ3n) is 5.79. The molecule has 0 spiro atoms. The summed E-state index contributed by atoms with van der Waals surface area (Å²) in [5.74, 6) is 1.06. The maximum Gasteiger partial charge on any atom is 0.139 e. The summed E-state index contributed by atoms with van der Waals surface area (Å²) in [6, 6.07) is 17.9. The summed E-state index contributed by atoms with van der Waals surface area (Å²) in [5.41, 5.74) is 4.00. The van der Waals surface area contributed by atoms with Crippen LogP contribution in [0.2, 0.25) is 0 Å². The zero-order valence-electron chi connectivity index (χ0n) is 17.4. The van der Waals surface area contributed by atoms with Crippen molar-refractivity contribution >= 4 is 16.7 Å². The van der Waals surface area contributed by atoms with Crippen LogP contribution < -0.4 is 4.90 Å². The van der Waals surface area contributed by atoms with Gasteiger partial charge in [0.15, 0.2) is 0 Å². The van der Waals surface area contributed by atoms with E-state index in [1.807, 2.05) is 6.07 Å². The Balaban J connectivity index is 1.45. The van der Waals surface area contributed by atoms with Crippen LogP contribution in [-0.2, 0) is 12.0 Å². The maximum atomic E-state index is 4.60. The lowest BCUT2D eigenvalue weighted by Gasteiger charge is -2.40. The molecule has 4 rings (SSSR count). The topological polar surface area (TPSA) is 32.3 Å². The van der Waals surface area contributed by atoms with Crippen molar-refractivity contribution in [2.24, 2.45) is 0 Å². The average molecular weight is 375 g/mol. The highest BCUT2D eigenvalue weighted by Gasteiger charge is 2.25. The standard InChI is InChI=1S/C24H30N4/c1-18-15-28(23-21-7-5-6-8-22(21)25-17-26-23)14-13-27(18)16-19-9-11-20(12-10-19)24(2,3)4/h5-12,17-18H,13-16H2,1-4H3/t18-/m1/s1. The fourth-order valence-corrected chi connectivity index (χ4v) is 4.01. The first-order chi connectivity index (χ1) is 13.4. The number of nitrogens with zero attached hydrogens (tertiary/aromatic N) is 4. The zero-order chi connectivity index (χ0) is 19.7. The highest BCUT2D eigenvalue weighted by Crippen LogP contribution is 2.26. The molecular formula is C24H30N4. The average Bonchev–Trinajstić information content (AvgIpc) is 2.69. The molecule has 4 nitrogen and oxygen atoms in total. The molecule has 0 amide bonds. The molecule has 0 unspecified atom stereocenters. The van der Waals surface area contributed by atoms with Crippen LogP contribution in [0.3, 0.4) is 0 Å². The van der Waals surface area contributed by atoms with Gasteiger partial charge in [-0.3, -0.25) is 4.90 Å². The fourth-order valence-electron chi connectivity index (χ4n) is 4.01. The second-order valence-corrected chi connectivity index (χ2v) is 8.93. The van der Waals surface area contributed by atoms with Gasteiger partial charge >= 0.3 is 0 Å². The third kappa shape index (κ3) is 3.88. The number of aromatic nitrogens is 2. The Morgan fingerprint density at radius 1 is 0.964 bits per heavy atom. The SMILES string of the molecule is C[C@@H]1CN(c2ncnc3ccccc23)CCN1Cc1ccc(C(C)(C)C)cc1. The van der Waals surface area contributed by atoms with Gasteiger partial charge in [-0.15, -0.1) is 0 Å². The minimum Gasteiger partial charge on any atom is -0.353 e. The Bertz CT molecular complexity index is 937. The predicted molar refractivity (Wildman–Crippen MR) is 117 cm³/mol. The molecular weight excluding hydrogens is 344 g/mol. The summed E-state index contributed by atoms with van der Waals surface area (Å²) in [6.45, 7) is 13.1. The monoisotopic (exact) mass is 374 g/mol. The molecule has 146 valence electrons. The molecule has 1 aliphatic rings. The van der Waals surface area contributed by atoms with Gasteiger partial charge in [0.2, 0.25) is 0 Å². The van der Waals surface area contributed by atoms with Crippen LogP contribution >= 0.6 is 0 Å². The second-order valence-electron chi connectivity index (χ2n) is 8.93.